The predicted molar refractivity (Wildman–Crippen MR) is 55.3 cm³/mol. The van der Waals surface area contributed by atoms with Crippen molar-refractivity contribution in [3.05, 3.63) is 5.32 Å². The molecule has 0 rings (SSSR count). The van der Waals surface area contributed by atoms with Crippen LogP contribution in [-0.2, 0) is 50.0 Å². The Balaban J connectivity index is -0.000000657. The summed E-state index contributed by atoms with van der Waals surface area (Å²) < 4.78 is 15.4. The van der Waals surface area contributed by atoms with Gasteiger partial charge >= 0.3 is 35.0 Å². The predicted octanol–water partition coefficient (Wildman–Crippen LogP) is -1.76. The molecule has 123 valence electrons. The summed E-state index contributed by atoms with van der Waals surface area (Å²) in [6.45, 7) is -0.990. The Labute approximate surface area is 130 Å². The van der Waals surface area contributed by atoms with E-state index in [4.69, 9.17) is 23.4 Å². The van der Waals surface area contributed by atoms with Crippen molar-refractivity contribution in [2.45, 2.75) is 0 Å². The molecule has 20 heavy (non-hydrogen) atoms. The zero-order chi connectivity index (χ0) is 15.3. The van der Waals surface area contributed by atoms with Gasteiger partial charge in [-0.3, -0.25) is 19.3 Å². The molecule has 10 nitrogen and oxygen atoms in total. The minimum absolute atomic E-state index is 0. The Morgan fingerprint density at radius 3 is 1.70 bits per heavy atom. The van der Waals surface area contributed by atoms with E-state index >= 15 is 0 Å². The van der Waals surface area contributed by atoms with Gasteiger partial charge in [0.1, 0.15) is 0 Å². The summed E-state index contributed by atoms with van der Waals surface area (Å²) in [5, 5.41) is 28.8. The molecule has 0 unspecified atom stereocenters. The first-order valence-electron chi connectivity index (χ1n) is 4.71. The molecular weight excluding hydrogens is 370 g/mol. The molecule has 0 heterocycles. The minimum atomic E-state index is -1.14. The van der Waals surface area contributed by atoms with Gasteiger partial charge in [-0.1, -0.05) is 0 Å². The van der Waals surface area contributed by atoms with Crippen LogP contribution in [-0.4, -0.2) is 75.1 Å². The van der Waals surface area contributed by atoms with E-state index in [0.717, 1.165) is 4.90 Å². The molecule has 0 aromatic heterocycles. The molecular formula is C8H14Co2N2O8-. The van der Waals surface area contributed by atoms with Crippen LogP contribution < -0.4 is 0 Å². The second-order valence-electron chi connectivity index (χ2n) is 3.06. The van der Waals surface area contributed by atoms with Gasteiger partial charge in [-0.05, 0) is 13.1 Å². The van der Waals surface area contributed by atoms with Crippen molar-refractivity contribution in [3.63, 3.8) is 0 Å². The van der Waals surface area contributed by atoms with E-state index in [9.17, 15) is 14.4 Å². The fourth-order valence-electron chi connectivity index (χ4n) is 0.983. The second-order valence-corrected chi connectivity index (χ2v) is 3.25. The summed E-state index contributed by atoms with van der Waals surface area (Å²) >= 11 is -0.812. The summed E-state index contributed by atoms with van der Waals surface area (Å²) in [5.74, 6) is -3.36. The maximum atomic E-state index is 10.4. The van der Waals surface area contributed by atoms with Crippen LogP contribution in [0.2, 0.25) is 0 Å². The summed E-state index contributed by atoms with van der Waals surface area (Å²) in [7, 11) is 0. The third kappa shape index (κ3) is 22.3. The first-order chi connectivity index (χ1) is 8.83. The normalized spacial score (nSPS) is 9.30. The number of aliphatic carboxylic acids is 3. The van der Waals surface area contributed by atoms with E-state index in [1.807, 2.05) is 0 Å². The number of rotatable bonds is 9. The summed E-state index contributed by atoms with van der Waals surface area (Å²) in [6, 6.07) is 0. The second kappa shape index (κ2) is 16.2. The van der Waals surface area contributed by atoms with Gasteiger partial charge in [0.25, 0.3) is 5.97 Å². The standard InChI is InChI=1S/C8H13N2O6.2Co.H2O.O/c11-6(12)3-9-1-2-10(4-7(13)14)5-8(15)16;;;;/h1-5H2,(H,11,12)(H,13,14)(H,15,16);;;1H2;/q-1;;+1;;/p-1. The van der Waals surface area contributed by atoms with Crippen molar-refractivity contribution >= 4 is 17.9 Å². The Kier molecular flexibility index (Phi) is 19.5. The number of hydrogen-bond acceptors (Lipinski definition) is 5. The van der Waals surface area contributed by atoms with Gasteiger partial charge in [0.15, 0.2) is 0 Å². The molecule has 0 saturated heterocycles. The van der Waals surface area contributed by atoms with Crippen LogP contribution in [0.3, 0.4) is 0 Å². The molecule has 4 N–H and O–H groups in total. The number of carbonyl (C=O) groups is 3. The van der Waals surface area contributed by atoms with Crippen molar-refractivity contribution in [2.24, 2.45) is 0 Å². The van der Waals surface area contributed by atoms with Crippen molar-refractivity contribution in [2.75, 3.05) is 32.7 Å². The summed E-state index contributed by atoms with van der Waals surface area (Å²) in [6.07, 6.45) is 0. The molecule has 0 bridgehead atoms. The van der Waals surface area contributed by atoms with Crippen molar-refractivity contribution < 1.29 is 69.5 Å². The van der Waals surface area contributed by atoms with E-state index in [2.05, 4.69) is 5.32 Å². The van der Waals surface area contributed by atoms with Crippen LogP contribution in [0.1, 0.15) is 0 Å². The fourth-order valence-corrected chi connectivity index (χ4v) is 0.983. The molecule has 0 spiro atoms. The van der Waals surface area contributed by atoms with Crippen molar-refractivity contribution in [3.8, 4) is 0 Å². The molecule has 0 amide bonds. The Morgan fingerprint density at radius 1 is 1.00 bits per heavy atom. The quantitative estimate of drug-likeness (QED) is 0.337. The van der Waals surface area contributed by atoms with Gasteiger partial charge in [0, 0.05) is 16.8 Å². The van der Waals surface area contributed by atoms with Gasteiger partial charge in [0.2, 0.25) is 0 Å². The molecule has 0 aliphatic carbocycles. The van der Waals surface area contributed by atoms with E-state index in [-0.39, 0.29) is 36.4 Å². The molecule has 0 aliphatic rings. The van der Waals surface area contributed by atoms with Crippen LogP contribution in [0, 0.1) is 0 Å². The van der Waals surface area contributed by atoms with E-state index in [1.165, 1.54) is 0 Å². The van der Waals surface area contributed by atoms with Gasteiger partial charge in [0.05, 0.1) is 13.1 Å². The Hall–Kier alpha value is -0.897. The monoisotopic (exact) mass is 384 g/mol. The van der Waals surface area contributed by atoms with Crippen LogP contribution in [0.25, 0.3) is 5.32 Å². The zero-order valence-corrected chi connectivity index (χ0v) is 12.1. The summed E-state index contributed by atoms with van der Waals surface area (Å²) in [4.78, 5) is 32.0. The van der Waals surface area contributed by atoms with Crippen LogP contribution >= 0.6 is 0 Å². The third-order valence-corrected chi connectivity index (χ3v) is 1.54. The van der Waals surface area contributed by atoms with Crippen LogP contribution in [0.5, 0.6) is 0 Å². The SMILES string of the molecule is O=C(O)C[N-]CCN(CC(=O)O)CC(=O)O.[Co].[O]=[Co][OH]. The fraction of sp³-hybridized carbons (Fsp3) is 0.625. The average Bonchev–Trinajstić information content (AvgIpc) is 2.23. The van der Waals surface area contributed by atoms with Crippen molar-refractivity contribution in [1.29, 1.82) is 0 Å². The van der Waals surface area contributed by atoms with Crippen molar-refractivity contribution in [1.82, 2.24) is 4.90 Å². The van der Waals surface area contributed by atoms with Crippen LogP contribution in [0.15, 0.2) is 0 Å². The van der Waals surface area contributed by atoms with Gasteiger partial charge < -0.3 is 20.6 Å². The molecule has 0 atom stereocenters. The number of hydrogen-bond donors (Lipinski definition) is 4. The molecule has 0 fully saturated rings. The molecule has 0 aliphatic heterocycles. The number of carboxylic acids is 3. The molecule has 0 aromatic carbocycles. The molecule has 1 radical (unpaired) electrons. The molecule has 0 aromatic rings. The van der Waals surface area contributed by atoms with Gasteiger partial charge in [-0.25, -0.2) is 0 Å². The van der Waals surface area contributed by atoms with Gasteiger partial charge in [-0.15, -0.1) is 6.54 Å². The zero-order valence-electron chi connectivity index (χ0n) is 10.0. The first kappa shape index (κ1) is 24.1. The third-order valence-electron chi connectivity index (χ3n) is 1.54. The maximum absolute atomic E-state index is 10.4. The Bertz CT molecular complexity index is 299. The first-order valence-corrected chi connectivity index (χ1v) is 5.60. The summed E-state index contributed by atoms with van der Waals surface area (Å²) in [5.41, 5.74) is 0. The van der Waals surface area contributed by atoms with Crippen LogP contribution in [0.4, 0.5) is 0 Å². The Morgan fingerprint density at radius 2 is 1.40 bits per heavy atom. The van der Waals surface area contributed by atoms with E-state index in [0.29, 0.717) is 0 Å². The molecule has 0 saturated carbocycles. The molecule has 12 heteroatoms. The van der Waals surface area contributed by atoms with E-state index < -0.39 is 45.9 Å². The van der Waals surface area contributed by atoms with Gasteiger partial charge in [-0.2, -0.15) is 0 Å². The average molecular weight is 384 g/mol. The number of nitrogens with zero attached hydrogens (tertiary/aromatic N) is 2. The topological polar surface area (TPSA) is 167 Å². The van der Waals surface area contributed by atoms with E-state index in [1.54, 1.807) is 0 Å². The number of carboxylic acid groups (broad SMARTS) is 3.